The lowest BCUT2D eigenvalue weighted by molar-refractivity contribution is -0.161. The predicted molar refractivity (Wildman–Crippen MR) is 140 cm³/mol. The third-order valence-corrected chi connectivity index (χ3v) is 11.9. The maximum atomic E-state index is 6.03. The summed E-state index contributed by atoms with van der Waals surface area (Å²) in [5.74, 6) is 2.83. The molecule has 180 valence electrons. The van der Waals surface area contributed by atoms with E-state index in [-0.39, 0.29) is 11.8 Å². The maximum absolute atomic E-state index is 6.03. The SMILES string of the molecule is C[Si](C)(C/C(C=NC12CC3CC(CC(C3)C1)C2)=C\CCOC1CCCCO1)c1ccccc1. The Bertz CT molecular complexity index is 805. The van der Waals surface area contributed by atoms with Crippen molar-refractivity contribution in [1.29, 1.82) is 0 Å². The molecule has 33 heavy (non-hydrogen) atoms. The zero-order valence-corrected chi connectivity index (χ0v) is 21.8. The summed E-state index contributed by atoms with van der Waals surface area (Å²) in [5.41, 5.74) is 1.68. The maximum Gasteiger partial charge on any atom is 0.157 e. The summed E-state index contributed by atoms with van der Waals surface area (Å²) in [7, 11) is -1.59. The smallest absolute Gasteiger partial charge is 0.157 e. The summed E-state index contributed by atoms with van der Waals surface area (Å²) in [6.45, 7) is 6.59. The molecule has 6 rings (SSSR count). The minimum absolute atomic E-state index is 0.00595. The van der Waals surface area contributed by atoms with E-state index in [2.05, 4.69) is 55.7 Å². The van der Waals surface area contributed by atoms with E-state index in [1.165, 1.54) is 62.1 Å². The van der Waals surface area contributed by atoms with E-state index in [1.807, 2.05) is 0 Å². The second kappa shape index (κ2) is 10.2. The molecule has 0 radical (unpaired) electrons. The molecule has 4 heteroatoms. The van der Waals surface area contributed by atoms with Gasteiger partial charge in [-0.3, -0.25) is 4.99 Å². The number of nitrogens with zero attached hydrogens (tertiary/aromatic N) is 1. The zero-order chi connectivity index (χ0) is 22.7. The fourth-order valence-corrected chi connectivity index (χ4v) is 9.96. The van der Waals surface area contributed by atoms with Crippen molar-refractivity contribution in [1.82, 2.24) is 0 Å². The Kier molecular flexibility index (Phi) is 7.25. The second-order valence-corrected chi connectivity index (χ2v) is 16.8. The summed E-state index contributed by atoms with van der Waals surface area (Å²) in [5, 5.41) is 1.53. The highest BCUT2D eigenvalue weighted by atomic mass is 28.3. The average molecular weight is 466 g/mol. The summed E-state index contributed by atoms with van der Waals surface area (Å²) in [6.07, 6.45) is 17.6. The van der Waals surface area contributed by atoms with Crippen LogP contribution in [0.15, 0.2) is 47.0 Å². The first-order valence-electron chi connectivity index (χ1n) is 13.5. The Balaban J connectivity index is 1.28. The van der Waals surface area contributed by atoms with Crippen LogP contribution in [0, 0.1) is 17.8 Å². The van der Waals surface area contributed by atoms with Gasteiger partial charge in [-0.15, -0.1) is 0 Å². The molecule has 4 aliphatic carbocycles. The first-order valence-corrected chi connectivity index (χ1v) is 16.7. The molecule has 5 fully saturated rings. The van der Waals surface area contributed by atoms with Gasteiger partial charge in [-0.25, -0.2) is 0 Å². The summed E-state index contributed by atoms with van der Waals surface area (Å²) < 4.78 is 11.8. The Hall–Kier alpha value is -1.23. The molecule has 0 N–H and O–H groups in total. The fourth-order valence-electron chi connectivity index (χ4n) is 7.40. The molecule has 1 aliphatic heterocycles. The van der Waals surface area contributed by atoms with Crippen molar-refractivity contribution in [3.63, 3.8) is 0 Å². The number of aliphatic imine (C=N–C) groups is 1. The first-order chi connectivity index (χ1) is 16.0. The normalized spacial score (nSPS) is 34.3. The number of benzene rings is 1. The molecule has 1 aromatic carbocycles. The number of rotatable bonds is 9. The molecule has 0 aromatic heterocycles. The van der Waals surface area contributed by atoms with Gasteiger partial charge in [-0.2, -0.15) is 0 Å². The lowest BCUT2D eigenvalue weighted by Gasteiger charge is -2.55. The minimum Gasteiger partial charge on any atom is -0.353 e. The van der Waals surface area contributed by atoms with E-state index < -0.39 is 8.07 Å². The van der Waals surface area contributed by atoms with E-state index in [0.717, 1.165) is 49.9 Å². The van der Waals surface area contributed by atoms with Crippen LogP contribution in [0.5, 0.6) is 0 Å². The van der Waals surface area contributed by atoms with Crippen molar-refractivity contribution in [2.24, 2.45) is 22.7 Å². The van der Waals surface area contributed by atoms with Crippen LogP contribution < -0.4 is 5.19 Å². The molecule has 4 saturated carbocycles. The molecule has 1 heterocycles. The number of hydrogen-bond donors (Lipinski definition) is 0. The highest BCUT2D eigenvalue weighted by molar-refractivity contribution is 6.90. The lowest BCUT2D eigenvalue weighted by Crippen LogP contribution is -2.49. The average Bonchev–Trinajstić information content (AvgIpc) is 2.80. The number of hydrogen-bond acceptors (Lipinski definition) is 3. The number of ether oxygens (including phenoxy) is 2. The van der Waals surface area contributed by atoms with Crippen LogP contribution in [0.2, 0.25) is 19.1 Å². The third kappa shape index (κ3) is 5.89. The van der Waals surface area contributed by atoms with E-state index >= 15 is 0 Å². The van der Waals surface area contributed by atoms with Crippen LogP contribution in [0.25, 0.3) is 0 Å². The van der Waals surface area contributed by atoms with Crippen LogP contribution in [-0.4, -0.2) is 39.3 Å². The Morgan fingerprint density at radius 1 is 1.06 bits per heavy atom. The van der Waals surface area contributed by atoms with E-state index in [4.69, 9.17) is 14.5 Å². The standard InChI is InChI=1S/C29H43NO2Si/c1-33(2,27-10-4-3-5-11-27)22-23(9-8-14-32-28-12-6-7-13-31-28)21-30-29-18-24-15-25(19-29)17-26(16-24)20-29/h3-5,9-11,21,24-26,28H,6-8,12-20,22H2,1-2H3/b23-9-,30-21?. The van der Waals surface area contributed by atoms with Gasteiger partial charge < -0.3 is 9.47 Å². The van der Waals surface area contributed by atoms with Gasteiger partial charge in [0.15, 0.2) is 6.29 Å². The summed E-state index contributed by atoms with van der Waals surface area (Å²) in [4.78, 5) is 5.43. The van der Waals surface area contributed by atoms with Crippen molar-refractivity contribution in [3.05, 3.63) is 42.0 Å². The Labute approximate surface area is 202 Å². The van der Waals surface area contributed by atoms with Crippen LogP contribution in [0.1, 0.15) is 64.2 Å². The Morgan fingerprint density at radius 3 is 2.39 bits per heavy atom. The molecular weight excluding hydrogens is 422 g/mol. The quantitative estimate of drug-likeness (QED) is 0.237. The molecule has 5 aliphatic rings. The third-order valence-electron chi connectivity index (χ3n) is 8.68. The first kappa shape index (κ1) is 23.5. The highest BCUT2D eigenvalue weighted by Gasteiger charge is 2.50. The van der Waals surface area contributed by atoms with Crippen LogP contribution >= 0.6 is 0 Å². The molecule has 4 bridgehead atoms. The molecule has 1 unspecified atom stereocenters. The molecule has 0 spiro atoms. The van der Waals surface area contributed by atoms with Crippen molar-refractivity contribution in [2.45, 2.75) is 95.2 Å². The largest absolute Gasteiger partial charge is 0.353 e. The monoisotopic (exact) mass is 465 g/mol. The van der Waals surface area contributed by atoms with E-state index in [1.54, 1.807) is 0 Å². The molecule has 3 nitrogen and oxygen atoms in total. The van der Waals surface area contributed by atoms with Crippen LogP contribution in [0.4, 0.5) is 0 Å². The van der Waals surface area contributed by atoms with E-state index in [9.17, 15) is 0 Å². The molecule has 1 atom stereocenters. The topological polar surface area (TPSA) is 30.8 Å². The van der Waals surface area contributed by atoms with Crippen molar-refractivity contribution in [2.75, 3.05) is 13.2 Å². The minimum atomic E-state index is -1.59. The molecule has 1 saturated heterocycles. The van der Waals surface area contributed by atoms with Gasteiger partial charge in [0, 0.05) is 12.8 Å². The van der Waals surface area contributed by atoms with Gasteiger partial charge in [0.05, 0.1) is 20.2 Å². The number of allylic oxidation sites excluding steroid dienone is 1. The van der Waals surface area contributed by atoms with E-state index in [0.29, 0.717) is 0 Å². The summed E-state index contributed by atoms with van der Waals surface area (Å²) in [6, 6.07) is 12.3. The van der Waals surface area contributed by atoms with Crippen molar-refractivity contribution >= 4 is 19.5 Å². The van der Waals surface area contributed by atoms with Crippen LogP contribution in [0.3, 0.4) is 0 Å². The van der Waals surface area contributed by atoms with Gasteiger partial charge in [0.2, 0.25) is 0 Å². The lowest BCUT2D eigenvalue weighted by atomic mass is 9.53. The molecular formula is C29H43NO2Si. The van der Waals surface area contributed by atoms with Gasteiger partial charge in [0.25, 0.3) is 0 Å². The van der Waals surface area contributed by atoms with Crippen molar-refractivity contribution < 1.29 is 9.47 Å². The molecule has 0 amide bonds. The summed E-state index contributed by atoms with van der Waals surface area (Å²) >= 11 is 0. The van der Waals surface area contributed by atoms with Gasteiger partial charge >= 0.3 is 0 Å². The molecule has 1 aromatic rings. The van der Waals surface area contributed by atoms with Crippen LogP contribution in [-0.2, 0) is 9.47 Å². The van der Waals surface area contributed by atoms with Gasteiger partial charge in [-0.05, 0) is 93.6 Å². The highest BCUT2D eigenvalue weighted by Crippen LogP contribution is 2.57. The van der Waals surface area contributed by atoms with Gasteiger partial charge in [-0.1, -0.05) is 54.7 Å². The zero-order valence-electron chi connectivity index (χ0n) is 20.8. The van der Waals surface area contributed by atoms with Crippen molar-refractivity contribution in [3.8, 4) is 0 Å². The predicted octanol–water partition coefficient (Wildman–Crippen LogP) is 6.50. The second-order valence-electron chi connectivity index (χ2n) is 12.1. The Morgan fingerprint density at radius 2 is 1.76 bits per heavy atom. The fraction of sp³-hybridized carbons (Fsp3) is 0.690. The van der Waals surface area contributed by atoms with Gasteiger partial charge in [0.1, 0.15) is 0 Å².